The molecule has 1 aliphatic heterocycles. The molecule has 0 aromatic carbocycles. The zero-order valence-corrected chi connectivity index (χ0v) is 23.8. The Hall–Kier alpha value is -1.48. The lowest BCUT2D eigenvalue weighted by atomic mass is 9.59. The highest BCUT2D eigenvalue weighted by atomic mass is 28.4. The quantitative estimate of drug-likeness (QED) is 0.304. The minimum Gasteiger partial charge on any atom is -0.456 e. The third-order valence-electron chi connectivity index (χ3n) is 7.95. The first-order valence-electron chi connectivity index (χ1n) is 12.1. The Morgan fingerprint density at radius 1 is 1.12 bits per heavy atom. The van der Waals surface area contributed by atoms with E-state index in [4.69, 9.17) is 13.9 Å². The molecule has 8 heteroatoms. The molecule has 0 bridgehead atoms. The van der Waals surface area contributed by atoms with E-state index >= 15 is 0 Å². The highest BCUT2D eigenvalue weighted by Crippen LogP contribution is 2.51. The Morgan fingerprint density at radius 2 is 1.65 bits per heavy atom. The number of Topliss-reactive ketones (excluding diaryl/α,β-unsaturated/α-hetero) is 1. The Bertz CT molecular complexity index is 885. The van der Waals surface area contributed by atoms with Gasteiger partial charge in [0.2, 0.25) is 5.79 Å². The van der Waals surface area contributed by atoms with Crippen molar-refractivity contribution in [2.75, 3.05) is 13.2 Å². The molecule has 2 rings (SSSR count). The second-order valence-electron chi connectivity index (χ2n) is 12.3. The number of aliphatic hydroxyl groups excluding tert-OH is 2. The number of ketones is 1. The van der Waals surface area contributed by atoms with Gasteiger partial charge in [-0.05, 0) is 55.3 Å². The van der Waals surface area contributed by atoms with Crippen molar-refractivity contribution in [1.82, 2.24) is 0 Å². The molecule has 2 N–H and O–H groups in total. The van der Waals surface area contributed by atoms with Crippen LogP contribution in [0, 0.1) is 17.3 Å². The molecular weight excluding hydrogens is 452 g/mol. The van der Waals surface area contributed by atoms with E-state index < -0.39 is 37.2 Å². The number of carbonyl (C=O) groups excluding carboxylic acids is 2. The molecule has 1 heterocycles. The van der Waals surface area contributed by atoms with Crippen LogP contribution in [0.25, 0.3) is 0 Å². The minimum absolute atomic E-state index is 0.0427. The normalized spacial score (nSPS) is 25.4. The summed E-state index contributed by atoms with van der Waals surface area (Å²) in [4.78, 5) is 26.9. The summed E-state index contributed by atoms with van der Waals surface area (Å²) in [7, 11) is -2.21. The molecule has 0 aromatic heterocycles. The van der Waals surface area contributed by atoms with E-state index in [9.17, 15) is 19.8 Å². The van der Waals surface area contributed by atoms with E-state index in [0.29, 0.717) is 12.0 Å². The molecule has 0 spiro atoms. The number of rotatable bonds is 7. The van der Waals surface area contributed by atoms with Gasteiger partial charge in [-0.1, -0.05) is 34.6 Å². The van der Waals surface area contributed by atoms with Gasteiger partial charge in [0.25, 0.3) is 0 Å². The fourth-order valence-electron chi connectivity index (χ4n) is 5.03. The largest absolute Gasteiger partial charge is 0.456 e. The second kappa shape index (κ2) is 9.52. The standard InChI is InChI=1S/C26H44O7Si/c1-15-19(33-34(10,11)24(3,4)5)12-18(17(13-27)14-28)25(6,7)21(15)22(29)20-16(2)31-26(8,9)32-23(20)30/h17-19,27-28H,12-14H2,1-11H3/t18-,19-/m0/s1. The number of hydrogen-bond acceptors (Lipinski definition) is 7. The molecule has 0 saturated carbocycles. The number of aliphatic hydroxyl groups is 2. The first-order chi connectivity index (χ1) is 15.3. The number of carbonyl (C=O) groups is 2. The Balaban J connectivity index is 2.69. The smallest absolute Gasteiger partial charge is 0.348 e. The molecule has 0 aromatic rings. The lowest BCUT2D eigenvalue weighted by Crippen LogP contribution is -2.50. The van der Waals surface area contributed by atoms with Crippen molar-refractivity contribution in [2.45, 2.75) is 98.8 Å². The van der Waals surface area contributed by atoms with Crippen LogP contribution in [0.4, 0.5) is 0 Å². The lowest BCUT2D eigenvalue weighted by Gasteiger charge is -2.49. The zero-order valence-electron chi connectivity index (χ0n) is 22.8. The van der Waals surface area contributed by atoms with Crippen molar-refractivity contribution >= 4 is 20.1 Å². The Kier molecular flexibility index (Phi) is 8.05. The summed E-state index contributed by atoms with van der Waals surface area (Å²) >= 11 is 0. The maximum absolute atomic E-state index is 14.0. The van der Waals surface area contributed by atoms with E-state index in [1.165, 1.54) is 0 Å². The van der Waals surface area contributed by atoms with Crippen LogP contribution in [-0.2, 0) is 23.5 Å². The average Bonchev–Trinajstić information content (AvgIpc) is 2.63. The van der Waals surface area contributed by atoms with Gasteiger partial charge in [-0.15, -0.1) is 0 Å². The monoisotopic (exact) mass is 496 g/mol. The van der Waals surface area contributed by atoms with Gasteiger partial charge in [-0.3, -0.25) is 4.79 Å². The van der Waals surface area contributed by atoms with Gasteiger partial charge in [0, 0.05) is 38.6 Å². The maximum Gasteiger partial charge on any atom is 0.348 e. The van der Waals surface area contributed by atoms with Gasteiger partial charge in [0.05, 0.1) is 6.10 Å². The van der Waals surface area contributed by atoms with Crippen molar-refractivity contribution in [3.05, 3.63) is 22.5 Å². The summed E-state index contributed by atoms with van der Waals surface area (Å²) in [5.41, 5.74) is 0.404. The molecule has 1 aliphatic carbocycles. The van der Waals surface area contributed by atoms with E-state index in [2.05, 4.69) is 33.9 Å². The zero-order chi connectivity index (χ0) is 26.4. The Labute approximate surface area is 205 Å². The highest BCUT2D eigenvalue weighted by Gasteiger charge is 2.51. The van der Waals surface area contributed by atoms with E-state index in [-0.39, 0.29) is 41.6 Å². The lowest BCUT2D eigenvalue weighted by molar-refractivity contribution is -0.207. The van der Waals surface area contributed by atoms with E-state index in [0.717, 1.165) is 5.57 Å². The van der Waals surface area contributed by atoms with E-state index in [1.807, 2.05) is 20.8 Å². The van der Waals surface area contributed by atoms with Gasteiger partial charge in [0.15, 0.2) is 14.1 Å². The maximum atomic E-state index is 14.0. The van der Waals surface area contributed by atoms with Gasteiger partial charge >= 0.3 is 5.97 Å². The number of hydrogen-bond donors (Lipinski definition) is 2. The molecule has 0 fully saturated rings. The molecule has 0 radical (unpaired) electrons. The summed E-state index contributed by atoms with van der Waals surface area (Å²) in [5, 5.41) is 20.0. The van der Waals surface area contributed by atoms with Crippen LogP contribution in [-0.4, -0.2) is 55.4 Å². The molecule has 7 nitrogen and oxygen atoms in total. The second-order valence-corrected chi connectivity index (χ2v) is 17.0. The number of ether oxygens (including phenoxy) is 2. The number of esters is 1. The van der Waals surface area contributed by atoms with Gasteiger partial charge in [-0.2, -0.15) is 0 Å². The molecule has 194 valence electrons. The molecule has 0 unspecified atom stereocenters. The first kappa shape index (κ1) is 28.8. The fourth-order valence-corrected chi connectivity index (χ4v) is 6.37. The van der Waals surface area contributed by atoms with Crippen LogP contribution in [0.15, 0.2) is 22.5 Å². The van der Waals surface area contributed by atoms with Crippen LogP contribution < -0.4 is 0 Å². The molecule has 2 aliphatic rings. The molecule has 0 amide bonds. The van der Waals surface area contributed by atoms with Crippen LogP contribution >= 0.6 is 0 Å². The van der Waals surface area contributed by atoms with Crippen molar-refractivity contribution in [1.29, 1.82) is 0 Å². The number of cyclic esters (lactones) is 1. The van der Waals surface area contributed by atoms with Gasteiger partial charge in [0.1, 0.15) is 11.3 Å². The average molecular weight is 497 g/mol. The van der Waals surface area contributed by atoms with Crippen LogP contribution in [0.5, 0.6) is 0 Å². The van der Waals surface area contributed by atoms with Gasteiger partial charge < -0.3 is 24.1 Å². The summed E-state index contributed by atoms with van der Waals surface area (Å²) in [6.07, 6.45) is 0.205. The molecule has 0 saturated heterocycles. The fraction of sp³-hybridized carbons (Fsp3) is 0.769. The van der Waals surface area contributed by atoms with Gasteiger partial charge in [-0.25, -0.2) is 4.79 Å². The minimum atomic E-state index is -2.21. The highest BCUT2D eigenvalue weighted by molar-refractivity contribution is 6.74. The number of allylic oxidation sites excluding steroid dienone is 2. The predicted molar refractivity (Wildman–Crippen MR) is 133 cm³/mol. The third kappa shape index (κ3) is 5.35. The molecular formula is C26H44O7Si. The summed E-state index contributed by atoms with van der Waals surface area (Å²) < 4.78 is 17.9. The predicted octanol–water partition coefficient (Wildman–Crippen LogP) is 4.49. The molecule has 2 atom stereocenters. The topological polar surface area (TPSA) is 102 Å². The Morgan fingerprint density at radius 3 is 2.09 bits per heavy atom. The van der Waals surface area contributed by atoms with Crippen LogP contribution in [0.3, 0.4) is 0 Å². The summed E-state index contributed by atoms with van der Waals surface area (Å²) in [6, 6.07) is 0. The summed E-state index contributed by atoms with van der Waals surface area (Å²) in [6.45, 7) is 21.0. The van der Waals surface area contributed by atoms with Crippen LogP contribution in [0.1, 0.15) is 68.7 Å². The van der Waals surface area contributed by atoms with Crippen molar-refractivity contribution < 1.29 is 33.7 Å². The third-order valence-corrected chi connectivity index (χ3v) is 12.4. The van der Waals surface area contributed by atoms with Crippen LogP contribution in [0.2, 0.25) is 18.1 Å². The molecule has 34 heavy (non-hydrogen) atoms. The summed E-state index contributed by atoms with van der Waals surface area (Å²) in [5.74, 6) is -2.74. The van der Waals surface area contributed by atoms with E-state index in [1.54, 1.807) is 20.8 Å². The van der Waals surface area contributed by atoms with Crippen molar-refractivity contribution in [3.8, 4) is 0 Å². The SMILES string of the molecule is CC1=C(C(=O)C2=C(C)[C@@H](O[Si](C)(C)C(C)(C)C)C[C@@H](C(CO)CO)C2(C)C)C(=O)OC(C)(C)O1. The van der Waals surface area contributed by atoms with Crippen molar-refractivity contribution in [3.63, 3.8) is 0 Å². The van der Waals surface area contributed by atoms with Crippen molar-refractivity contribution in [2.24, 2.45) is 17.3 Å². The first-order valence-corrected chi connectivity index (χ1v) is 15.0.